The van der Waals surface area contributed by atoms with Crippen LogP contribution in [-0.4, -0.2) is 10.8 Å². The predicted octanol–water partition coefficient (Wildman–Crippen LogP) is 5.95. The van der Waals surface area contributed by atoms with Crippen LogP contribution < -0.4 is 5.73 Å². The molecule has 3 aromatic carbocycles. The van der Waals surface area contributed by atoms with Gasteiger partial charge in [-0.1, -0.05) is 72.3 Å². The van der Waals surface area contributed by atoms with Crippen LogP contribution in [0, 0.1) is 11.3 Å². The van der Waals surface area contributed by atoms with Crippen molar-refractivity contribution in [1.29, 1.82) is 5.26 Å². The number of halogens is 1. The van der Waals surface area contributed by atoms with Gasteiger partial charge in [-0.15, -0.1) is 0 Å². The highest BCUT2D eigenvalue weighted by Crippen LogP contribution is 2.37. The fourth-order valence-electron chi connectivity index (χ4n) is 3.58. The number of nitrogen functional groups attached to an aromatic ring is 1. The van der Waals surface area contributed by atoms with E-state index >= 15 is 0 Å². The second kappa shape index (κ2) is 8.83. The van der Waals surface area contributed by atoms with E-state index in [1.165, 1.54) is 0 Å². The van der Waals surface area contributed by atoms with E-state index in [4.69, 9.17) is 17.3 Å². The third-order valence-electron chi connectivity index (χ3n) is 5.05. The average molecular weight is 424 g/mol. The molecule has 150 valence electrons. The summed E-state index contributed by atoms with van der Waals surface area (Å²) in [6, 6.07) is 28.0. The van der Waals surface area contributed by atoms with Crippen molar-refractivity contribution in [3.05, 3.63) is 107 Å². The van der Waals surface area contributed by atoms with Crippen LogP contribution in [-0.2, 0) is 6.42 Å². The largest absolute Gasteiger partial charge is 0.383 e. The molecule has 0 fully saturated rings. The zero-order chi connectivity index (χ0) is 21.8. The molecule has 0 aliphatic rings. The highest BCUT2D eigenvalue weighted by Gasteiger charge is 2.23. The van der Waals surface area contributed by atoms with Gasteiger partial charge in [0.1, 0.15) is 17.5 Å². The van der Waals surface area contributed by atoms with E-state index in [0.29, 0.717) is 27.4 Å². The molecule has 0 amide bonds. The van der Waals surface area contributed by atoms with Crippen LogP contribution in [0.25, 0.3) is 22.4 Å². The smallest absolute Gasteiger partial charge is 0.167 e. The van der Waals surface area contributed by atoms with Crippen LogP contribution >= 0.6 is 11.6 Å². The van der Waals surface area contributed by atoms with Crippen LogP contribution in [0.3, 0.4) is 0 Å². The number of hydrogen-bond acceptors (Lipinski definition) is 4. The molecule has 0 aliphatic carbocycles. The lowest BCUT2D eigenvalue weighted by Crippen LogP contribution is -2.11. The number of anilines is 1. The van der Waals surface area contributed by atoms with Gasteiger partial charge < -0.3 is 5.73 Å². The minimum absolute atomic E-state index is 0.0675. The maximum atomic E-state index is 13.2. The first-order valence-corrected chi connectivity index (χ1v) is 10.1. The van der Waals surface area contributed by atoms with Crippen LogP contribution in [0.15, 0.2) is 84.9 Å². The highest BCUT2D eigenvalue weighted by molar-refractivity contribution is 6.30. The number of carbonyl (C=O) groups is 1. The summed E-state index contributed by atoms with van der Waals surface area (Å²) in [5.74, 6) is 0.0457. The highest BCUT2D eigenvalue weighted by atomic mass is 35.5. The maximum Gasteiger partial charge on any atom is 0.167 e. The molecule has 4 aromatic rings. The Balaban J connectivity index is 1.97. The first kappa shape index (κ1) is 20.3. The number of hydrogen-bond donors (Lipinski definition) is 1. The van der Waals surface area contributed by atoms with Crippen LogP contribution in [0.4, 0.5) is 5.82 Å². The molecular formula is C26H18ClN3O. The van der Waals surface area contributed by atoms with Crippen molar-refractivity contribution in [2.45, 2.75) is 6.42 Å². The Morgan fingerprint density at radius 2 is 1.48 bits per heavy atom. The molecule has 0 saturated carbocycles. The lowest BCUT2D eigenvalue weighted by molar-refractivity contribution is 0.0993. The Hall–Kier alpha value is -3.94. The maximum absolute atomic E-state index is 13.2. The van der Waals surface area contributed by atoms with Crippen molar-refractivity contribution in [3.63, 3.8) is 0 Å². The lowest BCUT2D eigenvalue weighted by atomic mass is 9.88. The summed E-state index contributed by atoms with van der Waals surface area (Å²) < 4.78 is 0. The zero-order valence-electron chi connectivity index (χ0n) is 16.5. The van der Waals surface area contributed by atoms with Gasteiger partial charge in [0.15, 0.2) is 5.78 Å². The van der Waals surface area contributed by atoms with Gasteiger partial charge in [0.2, 0.25) is 0 Å². The molecule has 0 atom stereocenters. The van der Waals surface area contributed by atoms with Crippen LogP contribution in [0.5, 0.6) is 0 Å². The molecule has 0 spiro atoms. The molecular weight excluding hydrogens is 406 g/mol. The second-order valence-corrected chi connectivity index (χ2v) is 7.46. The van der Waals surface area contributed by atoms with Crippen molar-refractivity contribution in [1.82, 2.24) is 4.98 Å². The molecule has 4 nitrogen and oxygen atoms in total. The minimum atomic E-state index is -0.0958. The number of nitrogens with zero attached hydrogens (tertiary/aromatic N) is 2. The topological polar surface area (TPSA) is 79.8 Å². The fraction of sp³-hybridized carbons (Fsp3) is 0.0385. The summed E-state index contributed by atoms with van der Waals surface area (Å²) in [7, 11) is 0. The standard InChI is InChI=1S/C26H18ClN3O/c27-20-13-11-17(12-14-20)23(31)15-21-24(18-7-3-1-4-8-18)22(16-28)26(29)30-25(21)19-9-5-2-6-10-19/h1-14H,15H2,(H2,29,30). The third kappa shape index (κ3) is 4.18. The Labute approximate surface area is 185 Å². The number of rotatable bonds is 5. The van der Waals surface area contributed by atoms with E-state index in [9.17, 15) is 10.1 Å². The quantitative estimate of drug-likeness (QED) is 0.402. The van der Waals surface area contributed by atoms with Gasteiger partial charge in [0, 0.05) is 28.1 Å². The normalized spacial score (nSPS) is 10.5. The number of aromatic nitrogens is 1. The molecule has 1 aromatic heterocycles. The van der Waals surface area contributed by atoms with E-state index in [2.05, 4.69) is 11.1 Å². The zero-order valence-corrected chi connectivity index (χ0v) is 17.3. The van der Waals surface area contributed by atoms with E-state index in [1.807, 2.05) is 60.7 Å². The molecule has 4 rings (SSSR count). The van der Waals surface area contributed by atoms with E-state index in [0.717, 1.165) is 11.1 Å². The number of Topliss-reactive ketones (excluding diaryl/α,β-unsaturated/α-hetero) is 1. The summed E-state index contributed by atoms with van der Waals surface area (Å²) in [6.45, 7) is 0. The van der Waals surface area contributed by atoms with Gasteiger partial charge in [-0.25, -0.2) is 4.98 Å². The Bertz CT molecular complexity index is 1280. The van der Waals surface area contributed by atoms with Crippen molar-refractivity contribution >= 4 is 23.2 Å². The molecule has 0 radical (unpaired) electrons. The predicted molar refractivity (Wildman–Crippen MR) is 124 cm³/mol. The summed E-state index contributed by atoms with van der Waals surface area (Å²) in [5, 5.41) is 10.4. The molecule has 0 bridgehead atoms. The van der Waals surface area contributed by atoms with Gasteiger partial charge in [-0.2, -0.15) is 5.26 Å². The van der Waals surface area contributed by atoms with Crippen molar-refractivity contribution in [2.24, 2.45) is 0 Å². The fourth-order valence-corrected chi connectivity index (χ4v) is 3.71. The SMILES string of the molecule is N#Cc1c(N)nc(-c2ccccc2)c(CC(=O)c2ccc(Cl)cc2)c1-c1ccccc1. The van der Waals surface area contributed by atoms with Crippen molar-refractivity contribution in [3.8, 4) is 28.5 Å². The van der Waals surface area contributed by atoms with E-state index < -0.39 is 0 Å². The Kier molecular flexibility index (Phi) is 5.79. The average Bonchev–Trinajstić information content (AvgIpc) is 2.81. The van der Waals surface area contributed by atoms with Gasteiger partial charge in [-0.3, -0.25) is 4.79 Å². The molecule has 5 heteroatoms. The Morgan fingerprint density at radius 1 is 0.903 bits per heavy atom. The number of ketones is 1. The number of benzene rings is 3. The number of pyridine rings is 1. The van der Waals surface area contributed by atoms with Gasteiger partial charge in [-0.05, 0) is 35.4 Å². The summed E-state index contributed by atoms with van der Waals surface area (Å²) in [6.07, 6.45) is 0.0675. The molecule has 0 unspecified atom stereocenters. The molecule has 0 saturated heterocycles. The van der Waals surface area contributed by atoms with Crippen LogP contribution in [0.1, 0.15) is 21.5 Å². The van der Waals surface area contributed by atoms with E-state index in [-0.39, 0.29) is 23.6 Å². The molecule has 2 N–H and O–H groups in total. The van der Waals surface area contributed by atoms with Gasteiger partial charge in [0.25, 0.3) is 0 Å². The lowest BCUT2D eigenvalue weighted by Gasteiger charge is -2.18. The number of nitrogens with two attached hydrogens (primary N) is 1. The summed E-state index contributed by atoms with van der Waals surface area (Å²) >= 11 is 5.97. The van der Waals surface area contributed by atoms with Crippen LogP contribution in [0.2, 0.25) is 5.02 Å². The Morgan fingerprint density at radius 3 is 2.06 bits per heavy atom. The first-order chi connectivity index (χ1) is 15.1. The minimum Gasteiger partial charge on any atom is -0.383 e. The first-order valence-electron chi connectivity index (χ1n) is 9.70. The molecule has 1 heterocycles. The van der Waals surface area contributed by atoms with Gasteiger partial charge in [0.05, 0.1) is 5.69 Å². The number of carbonyl (C=O) groups excluding carboxylic acids is 1. The van der Waals surface area contributed by atoms with E-state index in [1.54, 1.807) is 24.3 Å². The van der Waals surface area contributed by atoms with Gasteiger partial charge >= 0.3 is 0 Å². The molecule has 0 aliphatic heterocycles. The number of nitriles is 1. The second-order valence-electron chi connectivity index (χ2n) is 7.02. The van der Waals surface area contributed by atoms with Crippen molar-refractivity contribution in [2.75, 3.05) is 5.73 Å². The molecule has 31 heavy (non-hydrogen) atoms. The summed E-state index contributed by atoms with van der Waals surface area (Å²) in [5.41, 5.74) is 10.5. The third-order valence-corrected chi connectivity index (χ3v) is 5.30. The van der Waals surface area contributed by atoms with Crippen molar-refractivity contribution < 1.29 is 4.79 Å². The monoisotopic (exact) mass is 423 g/mol. The summed E-state index contributed by atoms with van der Waals surface area (Å²) in [4.78, 5) is 17.7.